The molecule has 1 N–H and O–H groups in total. The molecule has 2 aliphatic carbocycles. The van der Waals surface area contributed by atoms with Crippen molar-refractivity contribution in [3.05, 3.63) is 69.9 Å². The summed E-state index contributed by atoms with van der Waals surface area (Å²) in [7, 11) is 0. The van der Waals surface area contributed by atoms with Gasteiger partial charge in [0.2, 0.25) is 0 Å². The van der Waals surface area contributed by atoms with Crippen LogP contribution in [0.25, 0.3) is 21.5 Å². The normalized spacial score (nSPS) is 22.0. The average molecular weight is 522 g/mol. The van der Waals surface area contributed by atoms with E-state index in [1.807, 2.05) is 6.07 Å². The van der Waals surface area contributed by atoms with Gasteiger partial charge in [-0.05, 0) is 56.7 Å². The number of hydrogen-bond donors (Lipinski definition) is 1. The fourth-order valence-electron chi connectivity index (χ4n) is 5.09. The largest absolute Gasteiger partial charge is 0.383 e. The summed E-state index contributed by atoms with van der Waals surface area (Å²) in [4.78, 5) is 4.64. The number of aliphatic hydroxyl groups is 1. The summed E-state index contributed by atoms with van der Waals surface area (Å²) in [5, 5.41) is 25.4. The molecule has 2 aromatic carbocycles. The molecule has 37 heavy (non-hydrogen) atoms. The zero-order valence-corrected chi connectivity index (χ0v) is 20.8. The number of rotatable bonds is 7. The molecule has 2 fully saturated rings. The molecule has 2 heterocycles. The van der Waals surface area contributed by atoms with Crippen LogP contribution in [0.1, 0.15) is 78.3 Å². The number of benzene rings is 2. The Morgan fingerprint density at radius 3 is 2.68 bits per heavy atom. The maximum atomic E-state index is 13.7. The van der Waals surface area contributed by atoms with E-state index < -0.39 is 12.0 Å². The second kappa shape index (κ2) is 9.60. The Labute approximate surface area is 216 Å². The van der Waals surface area contributed by atoms with Crippen LogP contribution in [0.2, 0.25) is 0 Å². The number of aromatic nitrogens is 2. The van der Waals surface area contributed by atoms with Crippen molar-refractivity contribution in [1.82, 2.24) is 10.1 Å². The molecule has 2 saturated carbocycles. The molecular formula is C28H25F2N3O3S. The van der Waals surface area contributed by atoms with Crippen LogP contribution in [0.15, 0.2) is 47.0 Å². The summed E-state index contributed by atoms with van der Waals surface area (Å²) in [5.74, 6) is 0.994. The van der Waals surface area contributed by atoms with Crippen molar-refractivity contribution in [2.24, 2.45) is 0 Å². The SMILES string of the molecule is N#Cc1ccc2nc(C3(O)CCC(OCc4c(-c5ccccc5C(F)F)noc4C4CC4)CC3)sc2c1. The van der Waals surface area contributed by atoms with Crippen molar-refractivity contribution in [1.29, 1.82) is 5.26 Å². The Hall–Kier alpha value is -3.19. The number of alkyl halides is 2. The summed E-state index contributed by atoms with van der Waals surface area (Å²) in [6, 6.07) is 13.9. The summed E-state index contributed by atoms with van der Waals surface area (Å²) >= 11 is 1.43. The van der Waals surface area contributed by atoms with Gasteiger partial charge in [0, 0.05) is 22.6 Å². The van der Waals surface area contributed by atoms with Crippen molar-refractivity contribution in [2.45, 2.75) is 69.2 Å². The molecule has 6 rings (SSSR count). The van der Waals surface area contributed by atoms with Gasteiger partial charge in [0.05, 0.1) is 34.6 Å². The quantitative estimate of drug-likeness (QED) is 0.282. The number of nitriles is 1. The summed E-state index contributed by atoms with van der Waals surface area (Å²) in [6.45, 7) is 0.226. The first-order valence-electron chi connectivity index (χ1n) is 12.5. The molecule has 6 nitrogen and oxygen atoms in total. The van der Waals surface area contributed by atoms with Crippen LogP contribution in [0, 0.1) is 11.3 Å². The molecule has 0 saturated heterocycles. The van der Waals surface area contributed by atoms with Crippen molar-refractivity contribution >= 4 is 21.6 Å². The van der Waals surface area contributed by atoms with Crippen molar-refractivity contribution in [2.75, 3.05) is 0 Å². The van der Waals surface area contributed by atoms with E-state index in [9.17, 15) is 13.9 Å². The Morgan fingerprint density at radius 1 is 1.16 bits per heavy atom. The highest BCUT2D eigenvalue weighted by atomic mass is 32.1. The Morgan fingerprint density at radius 2 is 1.95 bits per heavy atom. The van der Waals surface area contributed by atoms with Crippen LogP contribution in [0.5, 0.6) is 0 Å². The van der Waals surface area contributed by atoms with Gasteiger partial charge in [-0.1, -0.05) is 29.4 Å². The van der Waals surface area contributed by atoms with Crippen LogP contribution in [-0.4, -0.2) is 21.4 Å². The van der Waals surface area contributed by atoms with Gasteiger partial charge >= 0.3 is 0 Å². The maximum absolute atomic E-state index is 13.7. The lowest BCUT2D eigenvalue weighted by molar-refractivity contribution is -0.0640. The topological polar surface area (TPSA) is 92.2 Å². The summed E-state index contributed by atoms with van der Waals surface area (Å²) < 4.78 is 40.2. The molecule has 4 aromatic rings. The van der Waals surface area contributed by atoms with Gasteiger partial charge in [0.25, 0.3) is 6.43 Å². The van der Waals surface area contributed by atoms with Gasteiger partial charge in [-0.2, -0.15) is 5.26 Å². The molecule has 0 aliphatic heterocycles. The van der Waals surface area contributed by atoms with Gasteiger partial charge in [-0.25, -0.2) is 13.8 Å². The molecule has 0 amide bonds. The highest BCUT2D eigenvalue weighted by Gasteiger charge is 2.39. The number of thiazole rings is 1. The standard InChI is InChI=1S/C28H25F2N3O3S/c29-26(30)20-4-2-1-3-19(20)24-21(25(36-33-24)17-6-7-17)15-35-18-9-11-28(34,12-10-18)27-32-22-8-5-16(14-31)13-23(22)37-27/h1-5,8,13,17-18,26,34H,6-7,9-12,15H2. The Balaban J connectivity index is 1.17. The van der Waals surface area contributed by atoms with Gasteiger partial charge < -0.3 is 14.4 Å². The van der Waals surface area contributed by atoms with E-state index in [1.165, 1.54) is 17.4 Å². The summed E-state index contributed by atoms with van der Waals surface area (Å²) in [5.41, 5.74) is 1.80. The first-order valence-corrected chi connectivity index (χ1v) is 13.3. The minimum absolute atomic E-state index is 0.0696. The highest BCUT2D eigenvalue weighted by molar-refractivity contribution is 7.18. The van der Waals surface area contributed by atoms with E-state index in [-0.39, 0.29) is 24.2 Å². The van der Waals surface area contributed by atoms with Gasteiger partial charge in [-0.3, -0.25) is 0 Å². The Bertz CT molecular complexity index is 1480. The lowest BCUT2D eigenvalue weighted by Crippen LogP contribution is -2.34. The molecule has 0 unspecified atom stereocenters. The zero-order valence-electron chi connectivity index (χ0n) is 20.0. The van der Waals surface area contributed by atoms with E-state index in [4.69, 9.17) is 14.5 Å². The van der Waals surface area contributed by atoms with Crippen molar-refractivity contribution < 1.29 is 23.1 Å². The monoisotopic (exact) mass is 521 g/mol. The van der Waals surface area contributed by atoms with Crippen LogP contribution in [-0.2, 0) is 16.9 Å². The van der Waals surface area contributed by atoms with Gasteiger partial charge in [0.15, 0.2) is 0 Å². The number of hydrogen-bond acceptors (Lipinski definition) is 7. The van der Waals surface area contributed by atoms with E-state index in [1.54, 1.807) is 30.3 Å². The van der Waals surface area contributed by atoms with E-state index in [0.717, 1.165) is 34.4 Å². The predicted octanol–water partition coefficient (Wildman–Crippen LogP) is 6.98. The molecule has 190 valence electrons. The Kier molecular flexibility index (Phi) is 6.27. The lowest BCUT2D eigenvalue weighted by atomic mass is 9.83. The van der Waals surface area contributed by atoms with Crippen LogP contribution in [0.3, 0.4) is 0 Å². The van der Waals surface area contributed by atoms with E-state index in [0.29, 0.717) is 47.5 Å². The fraction of sp³-hybridized carbons (Fsp3) is 0.393. The van der Waals surface area contributed by atoms with E-state index >= 15 is 0 Å². The van der Waals surface area contributed by atoms with Crippen molar-refractivity contribution in [3.63, 3.8) is 0 Å². The highest BCUT2D eigenvalue weighted by Crippen LogP contribution is 2.46. The molecule has 2 aromatic heterocycles. The summed E-state index contributed by atoms with van der Waals surface area (Å²) in [6.07, 6.45) is 1.58. The van der Waals surface area contributed by atoms with Crippen LogP contribution < -0.4 is 0 Å². The number of fused-ring (bicyclic) bond motifs is 1. The zero-order chi connectivity index (χ0) is 25.6. The van der Waals surface area contributed by atoms with E-state index in [2.05, 4.69) is 16.2 Å². The third kappa shape index (κ3) is 4.65. The lowest BCUT2D eigenvalue weighted by Gasteiger charge is -2.34. The number of ether oxygens (including phenoxy) is 1. The molecule has 0 bridgehead atoms. The minimum atomic E-state index is -2.61. The van der Waals surface area contributed by atoms with Crippen molar-refractivity contribution in [3.8, 4) is 17.3 Å². The maximum Gasteiger partial charge on any atom is 0.264 e. The van der Waals surface area contributed by atoms with Gasteiger partial charge in [-0.15, -0.1) is 11.3 Å². The molecule has 2 aliphatic rings. The first-order chi connectivity index (χ1) is 17.9. The fourth-order valence-corrected chi connectivity index (χ4v) is 6.24. The average Bonchev–Trinajstić information content (AvgIpc) is 3.52. The van der Waals surface area contributed by atoms with Gasteiger partial charge in [0.1, 0.15) is 22.1 Å². The molecule has 9 heteroatoms. The second-order valence-electron chi connectivity index (χ2n) is 9.89. The molecule has 0 atom stereocenters. The third-order valence-electron chi connectivity index (χ3n) is 7.36. The second-order valence-corrected chi connectivity index (χ2v) is 10.9. The van der Waals surface area contributed by atoms with Crippen LogP contribution in [0.4, 0.5) is 8.78 Å². The number of nitrogens with zero attached hydrogens (tertiary/aromatic N) is 3. The molecule has 0 spiro atoms. The third-order valence-corrected chi connectivity index (χ3v) is 8.57. The predicted molar refractivity (Wildman–Crippen MR) is 134 cm³/mol. The molecular weight excluding hydrogens is 496 g/mol. The smallest absolute Gasteiger partial charge is 0.264 e. The van der Waals surface area contributed by atoms with Crippen LogP contribution >= 0.6 is 11.3 Å². The molecule has 0 radical (unpaired) electrons. The minimum Gasteiger partial charge on any atom is -0.383 e. The first kappa shape index (κ1) is 24.2. The number of halogens is 2.